The number of carboxylic acid groups (broad SMARTS) is 1. The van der Waals surface area contributed by atoms with Crippen LogP contribution in [0, 0.1) is 0 Å². The summed E-state index contributed by atoms with van der Waals surface area (Å²) in [4.78, 5) is 38.5. The summed E-state index contributed by atoms with van der Waals surface area (Å²) in [6.45, 7) is 3.59. The number of fused-ring (bicyclic) bond motifs is 1. The molecule has 6 nitrogen and oxygen atoms in total. The fourth-order valence-corrected chi connectivity index (χ4v) is 5.61. The first kappa shape index (κ1) is 23.6. The number of carbonyl (C=O) groups is 3. The maximum absolute atomic E-state index is 12.7. The van der Waals surface area contributed by atoms with Gasteiger partial charge in [-0.05, 0) is 37.8 Å². The number of benzene rings is 1. The molecule has 2 saturated heterocycles. The standard InChI is InChI=1S/C18H19ClN2O4S2.Na/c1-18(2)13(17(24)25)21-15(23)12(16(21)27-18)20-14(22)11(26-3)8-9-6-4-5-7-10(9)19;/h4-8,12-13,16H,1-3H3,(H,20,22)(H,24,25);/b11-8-;/t12-,13+,16-;/m1./s1. The molecule has 1 aromatic carbocycles. The van der Waals surface area contributed by atoms with Gasteiger partial charge in [0.05, 0.1) is 4.91 Å². The smallest absolute Gasteiger partial charge is 0.327 e. The zero-order valence-corrected chi connectivity index (χ0v) is 20.3. The quantitative estimate of drug-likeness (QED) is 0.407. The molecule has 2 heterocycles. The van der Waals surface area contributed by atoms with Gasteiger partial charge in [0, 0.05) is 39.3 Å². The number of hydrogen-bond acceptors (Lipinski definition) is 5. The minimum Gasteiger partial charge on any atom is -0.480 e. The first-order chi connectivity index (χ1) is 12.7. The molecule has 0 saturated carbocycles. The van der Waals surface area contributed by atoms with Gasteiger partial charge in [0.1, 0.15) is 17.5 Å². The summed E-state index contributed by atoms with van der Waals surface area (Å²) in [5, 5.41) is 12.4. The predicted molar refractivity (Wildman–Crippen MR) is 114 cm³/mol. The maximum atomic E-state index is 12.7. The minimum absolute atomic E-state index is 0. The van der Waals surface area contributed by atoms with Crippen molar-refractivity contribution < 1.29 is 19.5 Å². The first-order valence-corrected chi connectivity index (χ1v) is 10.7. The average Bonchev–Trinajstić information content (AvgIpc) is 2.87. The van der Waals surface area contributed by atoms with E-state index < -0.39 is 22.8 Å². The second kappa shape index (κ2) is 9.02. The van der Waals surface area contributed by atoms with Crippen LogP contribution in [0.1, 0.15) is 19.4 Å². The van der Waals surface area contributed by atoms with Crippen LogP contribution in [0.4, 0.5) is 0 Å². The van der Waals surface area contributed by atoms with E-state index in [4.69, 9.17) is 11.6 Å². The molecule has 0 aliphatic carbocycles. The topological polar surface area (TPSA) is 86.7 Å². The second-order valence-corrected chi connectivity index (χ2v) is 9.81. The van der Waals surface area contributed by atoms with Crippen molar-refractivity contribution in [3.63, 3.8) is 0 Å². The fraction of sp³-hybridized carbons (Fsp3) is 0.389. The van der Waals surface area contributed by atoms with Crippen LogP contribution >= 0.6 is 35.1 Å². The van der Waals surface area contributed by atoms with Crippen molar-refractivity contribution in [3.8, 4) is 0 Å². The molecule has 28 heavy (non-hydrogen) atoms. The Labute approximate surface area is 199 Å². The third-order valence-electron chi connectivity index (χ3n) is 4.60. The summed E-state index contributed by atoms with van der Waals surface area (Å²) in [7, 11) is 0. The summed E-state index contributed by atoms with van der Waals surface area (Å²) in [5.41, 5.74) is 0.711. The van der Waals surface area contributed by atoms with E-state index in [2.05, 4.69) is 5.32 Å². The SMILES string of the molecule is CS/C(=C\c1ccccc1Cl)C(=O)N[C@@H]1C(=O)N2[C@@H]1SC(C)(C)[C@@H]2C(=O)O.[Na]. The van der Waals surface area contributed by atoms with Gasteiger partial charge < -0.3 is 15.3 Å². The molecule has 2 aliphatic rings. The Morgan fingerprint density at radius 2 is 2.00 bits per heavy atom. The van der Waals surface area contributed by atoms with Crippen molar-refractivity contribution in [1.29, 1.82) is 0 Å². The van der Waals surface area contributed by atoms with Crippen molar-refractivity contribution in [3.05, 3.63) is 39.8 Å². The van der Waals surface area contributed by atoms with E-state index in [9.17, 15) is 19.5 Å². The Balaban J connectivity index is 0.00000280. The van der Waals surface area contributed by atoms with E-state index >= 15 is 0 Å². The van der Waals surface area contributed by atoms with Crippen molar-refractivity contribution in [2.75, 3.05) is 6.26 Å². The monoisotopic (exact) mass is 449 g/mol. The second-order valence-electron chi connectivity index (χ2n) is 6.78. The van der Waals surface area contributed by atoms with Crippen LogP contribution in [0.15, 0.2) is 29.2 Å². The molecule has 1 radical (unpaired) electrons. The number of carbonyl (C=O) groups excluding carboxylic acids is 2. The van der Waals surface area contributed by atoms with Gasteiger partial charge in [0.15, 0.2) is 0 Å². The third-order valence-corrected chi connectivity index (χ3v) is 7.26. The zero-order valence-electron chi connectivity index (χ0n) is 15.9. The fourth-order valence-electron chi connectivity index (χ4n) is 3.31. The number of carboxylic acids is 1. The molecule has 2 amide bonds. The molecule has 3 atom stereocenters. The van der Waals surface area contributed by atoms with E-state index in [0.717, 1.165) is 0 Å². The van der Waals surface area contributed by atoms with Gasteiger partial charge >= 0.3 is 5.97 Å². The molecule has 1 aromatic rings. The van der Waals surface area contributed by atoms with Crippen molar-refractivity contribution in [2.45, 2.75) is 36.1 Å². The summed E-state index contributed by atoms with van der Waals surface area (Å²) < 4.78 is -0.624. The molecular formula is C18H19ClN2NaO4S2. The molecule has 2 fully saturated rings. The summed E-state index contributed by atoms with van der Waals surface area (Å²) in [6.07, 6.45) is 3.44. The van der Waals surface area contributed by atoms with Crippen LogP contribution in [0.2, 0.25) is 5.02 Å². The number of nitrogens with zero attached hydrogens (tertiary/aromatic N) is 1. The maximum Gasteiger partial charge on any atom is 0.327 e. The third kappa shape index (κ3) is 4.27. The van der Waals surface area contributed by atoms with Crippen LogP contribution in [-0.4, -0.2) is 85.8 Å². The Bertz CT molecular complexity index is 849. The Morgan fingerprint density at radius 1 is 1.36 bits per heavy atom. The van der Waals surface area contributed by atoms with E-state index in [0.29, 0.717) is 15.5 Å². The predicted octanol–water partition coefficient (Wildman–Crippen LogP) is 2.29. The van der Waals surface area contributed by atoms with Crippen molar-refractivity contribution >= 4 is 88.5 Å². The molecule has 0 aromatic heterocycles. The molecular weight excluding hydrogens is 431 g/mol. The number of aliphatic carboxylic acids is 1. The van der Waals surface area contributed by atoms with Gasteiger partial charge in [-0.3, -0.25) is 9.59 Å². The number of rotatable bonds is 5. The Morgan fingerprint density at radius 3 is 2.57 bits per heavy atom. The van der Waals surface area contributed by atoms with E-state index in [1.807, 2.05) is 6.07 Å². The van der Waals surface area contributed by atoms with Gasteiger partial charge in [0.2, 0.25) is 5.91 Å². The number of thioether (sulfide) groups is 2. The largest absolute Gasteiger partial charge is 0.480 e. The van der Waals surface area contributed by atoms with Crippen LogP contribution in [-0.2, 0) is 14.4 Å². The first-order valence-electron chi connectivity index (χ1n) is 8.21. The Kier molecular flexibility index (Phi) is 7.61. The van der Waals surface area contributed by atoms with Crippen LogP contribution in [0.25, 0.3) is 6.08 Å². The normalized spacial score (nSPS) is 25.4. The van der Waals surface area contributed by atoms with Gasteiger partial charge in [-0.2, -0.15) is 0 Å². The number of halogens is 1. The van der Waals surface area contributed by atoms with Gasteiger partial charge in [-0.15, -0.1) is 23.5 Å². The number of hydrogen-bond donors (Lipinski definition) is 2. The molecule has 0 unspecified atom stereocenters. The summed E-state index contributed by atoms with van der Waals surface area (Å²) in [6, 6.07) is 5.54. The molecule has 0 spiro atoms. The number of nitrogens with one attached hydrogen (secondary N) is 1. The van der Waals surface area contributed by atoms with Gasteiger partial charge in [0.25, 0.3) is 5.91 Å². The van der Waals surface area contributed by atoms with Crippen molar-refractivity contribution in [2.24, 2.45) is 0 Å². The van der Waals surface area contributed by atoms with Crippen LogP contribution < -0.4 is 5.32 Å². The zero-order chi connectivity index (χ0) is 19.9. The number of β-lactam (4-membered cyclic amide) rings is 1. The molecule has 3 rings (SSSR count). The molecule has 0 bridgehead atoms. The molecule has 2 aliphatic heterocycles. The van der Waals surface area contributed by atoms with E-state index in [-0.39, 0.29) is 46.7 Å². The van der Waals surface area contributed by atoms with Crippen molar-refractivity contribution in [1.82, 2.24) is 10.2 Å². The summed E-state index contributed by atoms with van der Waals surface area (Å²) >= 11 is 8.79. The average molecular weight is 450 g/mol. The molecule has 145 valence electrons. The molecule has 2 N–H and O–H groups in total. The minimum atomic E-state index is -1.03. The summed E-state index contributed by atoms with van der Waals surface area (Å²) in [5.74, 6) is -1.77. The van der Waals surface area contributed by atoms with Gasteiger partial charge in [-0.1, -0.05) is 29.8 Å². The number of amides is 2. The van der Waals surface area contributed by atoms with E-state index in [1.54, 1.807) is 44.4 Å². The Hall–Kier alpha value is -0.640. The van der Waals surface area contributed by atoms with Gasteiger partial charge in [-0.25, -0.2) is 4.79 Å². The van der Waals surface area contributed by atoms with Crippen LogP contribution in [0.5, 0.6) is 0 Å². The molecule has 10 heteroatoms. The van der Waals surface area contributed by atoms with Crippen LogP contribution in [0.3, 0.4) is 0 Å². The van der Waals surface area contributed by atoms with E-state index in [1.165, 1.54) is 28.4 Å².